The van der Waals surface area contributed by atoms with E-state index in [0.29, 0.717) is 5.84 Å². The first kappa shape index (κ1) is 11.8. The van der Waals surface area contributed by atoms with Crippen LogP contribution in [0.5, 0.6) is 0 Å². The summed E-state index contributed by atoms with van der Waals surface area (Å²) in [5.41, 5.74) is 5.82. The van der Waals surface area contributed by atoms with Crippen molar-refractivity contribution in [1.29, 1.82) is 0 Å². The van der Waals surface area contributed by atoms with Gasteiger partial charge in [0.15, 0.2) is 0 Å². The molecule has 0 aliphatic carbocycles. The van der Waals surface area contributed by atoms with Gasteiger partial charge in [0, 0.05) is 5.41 Å². The highest BCUT2D eigenvalue weighted by Gasteiger charge is 2.17. The molecule has 0 aliphatic heterocycles. The van der Waals surface area contributed by atoms with Gasteiger partial charge in [0.25, 0.3) is 0 Å². The molecule has 0 bridgehead atoms. The van der Waals surface area contributed by atoms with Crippen molar-refractivity contribution in [3.63, 3.8) is 0 Å². The van der Waals surface area contributed by atoms with E-state index in [9.17, 15) is 0 Å². The molecule has 1 aromatic heterocycles. The summed E-state index contributed by atoms with van der Waals surface area (Å²) < 4.78 is 5.50. The molecule has 15 heavy (non-hydrogen) atoms. The number of aryl methyl sites for hydroxylation is 1. The Hall–Kier alpha value is -1.25. The Morgan fingerprint density at radius 2 is 2.00 bits per heavy atom. The molecule has 0 saturated carbocycles. The van der Waals surface area contributed by atoms with Crippen molar-refractivity contribution in [2.75, 3.05) is 0 Å². The number of rotatable bonds is 2. The third kappa shape index (κ3) is 3.11. The second-order valence-electron chi connectivity index (χ2n) is 4.89. The molecular formula is C12H20N2O. The van der Waals surface area contributed by atoms with Gasteiger partial charge >= 0.3 is 0 Å². The van der Waals surface area contributed by atoms with E-state index >= 15 is 0 Å². The van der Waals surface area contributed by atoms with Crippen LogP contribution in [0.2, 0.25) is 0 Å². The van der Waals surface area contributed by atoms with Crippen LogP contribution in [0.25, 0.3) is 0 Å². The molecular weight excluding hydrogens is 188 g/mol. The molecule has 3 heteroatoms. The van der Waals surface area contributed by atoms with Gasteiger partial charge in [-0.1, -0.05) is 20.8 Å². The highest BCUT2D eigenvalue weighted by molar-refractivity contribution is 5.85. The molecule has 1 heterocycles. The Labute approximate surface area is 91.4 Å². The zero-order valence-electron chi connectivity index (χ0n) is 10.2. The van der Waals surface area contributed by atoms with Crippen molar-refractivity contribution in [2.45, 2.75) is 40.7 Å². The molecule has 1 atom stereocenters. The monoisotopic (exact) mass is 208 g/mol. The summed E-state index contributed by atoms with van der Waals surface area (Å²) in [6.45, 7) is 10.0. The first-order chi connectivity index (χ1) is 6.80. The van der Waals surface area contributed by atoms with Crippen LogP contribution in [0.15, 0.2) is 21.5 Å². The largest absolute Gasteiger partial charge is 0.464 e. The summed E-state index contributed by atoms with van der Waals surface area (Å²) >= 11 is 0. The molecule has 3 nitrogen and oxygen atoms in total. The van der Waals surface area contributed by atoms with Crippen LogP contribution in [0.1, 0.15) is 45.3 Å². The average molecular weight is 208 g/mol. The lowest BCUT2D eigenvalue weighted by Gasteiger charge is -2.18. The minimum Gasteiger partial charge on any atom is -0.464 e. The maximum atomic E-state index is 5.90. The van der Waals surface area contributed by atoms with E-state index in [0.717, 1.165) is 11.5 Å². The maximum absolute atomic E-state index is 5.90. The van der Waals surface area contributed by atoms with E-state index < -0.39 is 0 Å². The molecule has 0 amide bonds. The SMILES string of the molecule is Cc1ccc(C(C)N=C(N)C(C)(C)C)o1. The first-order valence-corrected chi connectivity index (χ1v) is 5.21. The van der Waals surface area contributed by atoms with E-state index in [-0.39, 0.29) is 11.5 Å². The lowest BCUT2D eigenvalue weighted by Crippen LogP contribution is -2.29. The average Bonchev–Trinajstić information content (AvgIpc) is 2.50. The third-order valence-electron chi connectivity index (χ3n) is 2.27. The minimum absolute atomic E-state index is 0.0158. The highest BCUT2D eigenvalue weighted by atomic mass is 16.3. The number of furan rings is 1. The lowest BCUT2D eigenvalue weighted by molar-refractivity contribution is 0.455. The predicted octanol–water partition coefficient (Wildman–Crippen LogP) is 3.05. The van der Waals surface area contributed by atoms with Gasteiger partial charge in [0.05, 0.1) is 5.84 Å². The number of hydrogen-bond donors (Lipinski definition) is 1. The molecule has 1 unspecified atom stereocenters. The number of hydrogen-bond acceptors (Lipinski definition) is 2. The van der Waals surface area contributed by atoms with Crippen LogP contribution in [0.3, 0.4) is 0 Å². The van der Waals surface area contributed by atoms with Crippen LogP contribution in [0.4, 0.5) is 0 Å². The number of nitrogens with two attached hydrogens (primary N) is 1. The maximum Gasteiger partial charge on any atom is 0.128 e. The van der Waals surface area contributed by atoms with Gasteiger partial charge in [-0.05, 0) is 26.0 Å². The smallest absolute Gasteiger partial charge is 0.128 e. The number of aliphatic imine (C=N–C) groups is 1. The summed E-state index contributed by atoms with van der Waals surface area (Å²) in [6, 6.07) is 3.87. The molecule has 0 radical (unpaired) electrons. The second-order valence-corrected chi connectivity index (χ2v) is 4.89. The Balaban J connectivity index is 2.83. The Morgan fingerprint density at radius 1 is 1.40 bits per heavy atom. The second kappa shape index (κ2) is 4.09. The fourth-order valence-electron chi connectivity index (χ4n) is 1.14. The zero-order chi connectivity index (χ0) is 11.6. The standard InChI is InChI=1S/C12H20N2O/c1-8-6-7-10(15-8)9(2)14-11(13)12(3,4)5/h6-7,9H,1-5H3,(H2,13,14). The van der Waals surface area contributed by atoms with E-state index in [4.69, 9.17) is 10.2 Å². The van der Waals surface area contributed by atoms with Crippen molar-refractivity contribution in [3.05, 3.63) is 23.7 Å². The molecule has 0 saturated heterocycles. The molecule has 0 spiro atoms. The van der Waals surface area contributed by atoms with E-state index in [1.807, 2.05) is 46.8 Å². The van der Waals surface area contributed by atoms with Gasteiger partial charge in [-0.3, -0.25) is 4.99 Å². The summed E-state index contributed by atoms with van der Waals surface area (Å²) in [5, 5.41) is 0. The van der Waals surface area contributed by atoms with Gasteiger partial charge in [-0.2, -0.15) is 0 Å². The zero-order valence-corrected chi connectivity index (χ0v) is 10.2. The van der Waals surface area contributed by atoms with Crippen molar-refractivity contribution in [1.82, 2.24) is 0 Å². The van der Waals surface area contributed by atoms with Crippen molar-refractivity contribution >= 4 is 5.84 Å². The molecule has 0 aliphatic rings. The predicted molar refractivity (Wildman–Crippen MR) is 62.9 cm³/mol. The van der Waals surface area contributed by atoms with Crippen LogP contribution < -0.4 is 5.73 Å². The van der Waals surface area contributed by atoms with Crippen molar-refractivity contribution < 1.29 is 4.42 Å². The molecule has 84 valence electrons. The van der Waals surface area contributed by atoms with Crippen molar-refractivity contribution in [2.24, 2.45) is 16.1 Å². The molecule has 1 aromatic rings. The Bertz CT molecular complexity index is 358. The quantitative estimate of drug-likeness (QED) is 0.600. The highest BCUT2D eigenvalue weighted by Crippen LogP contribution is 2.22. The van der Waals surface area contributed by atoms with Crippen molar-refractivity contribution in [3.8, 4) is 0 Å². The van der Waals surface area contributed by atoms with Crippen LogP contribution in [-0.4, -0.2) is 5.84 Å². The van der Waals surface area contributed by atoms with E-state index in [1.54, 1.807) is 0 Å². The first-order valence-electron chi connectivity index (χ1n) is 5.21. The fraction of sp³-hybridized carbons (Fsp3) is 0.583. The van der Waals surface area contributed by atoms with Gasteiger partial charge < -0.3 is 10.2 Å². The van der Waals surface area contributed by atoms with Gasteiger partial charge in [0.2, 0.25) is 0 Å². The van der Waals surface area contributed by atoms with Gasteiger partial charge in [-0.25, -0.2) is 0 Å². The van der Waals surface area contributed by atoms with E-state index in [1.165, 1.54) is 0 Å². The molecule has 1 rings (SSSR count). The summed E-state index contributed by atoms with van der Waals surface area (Å²) in [4.78, 5) is 4.43. The van der Waals surface area contributed by atoms with Gasteiger partial charge in [0.1, 0.15) is 17.6 Å². The lowest BCUT2D eigenvalue weighted by atomic mass is 9.95. The number of amidine groups is 1. The summed E-state index contributed by atoms with van der Waals surface area (Å²) in [5.74, 6) is 2.42. The van der Waals surface area contributed by atoms with Gasteiger partial charge in [-0.15, -0.1) is 0 Å². The van der Waals surface area contributed by atoms with Crippen LogP contribution in [0, 0.1) is 12.3 Å². The molecule has 0 fully saturated rings. The Morgan fingerprint density at radius 3 is 2.40 bits per heavy atom. The number of nitrogens with zero attached hydrogens (tertiary/aromatic N) is 1. The Kier molecular flexibility index (Phi) is 3.22. The fourth-order valence-corrected chi connectivity index (χ4v) is 1.14. The van der Waals surface area contributed by atoms with Crippen LogP contribution >= 0.6 is 0 Å². The normalized spacial score (nSPS) is 15.4. The van der Waals surface area contributed by atoms with Crippen LogP contribution in [-0.2, 0) is 0 Å². The summed E-state index contributed by atoms with van der Waals surface area (Å²) in [6.07, 6.45) is 0. The molecule has 0 aromatic carbocycles. The molecule has 2 N–H and O–H groups in total. The van der Waals surface area contributed by atoms with E-state index in [2.05, 4.69) is 4.99 Å². The topological polar surface area (TPSA) is 51.5 Å². The third-order valence-corrected chi connectivity index (χ3v) is 2.27. The minimum atomic E-state index is -0.0874. The summed E-state index contributed by atoms with van der Waals surface area (Å²) in [7, 11) is 0.